The standard InChI is InChI=1S/C14H24N2O3S/c1-20(18,19)14(6-8-15-9-7-14)13(17)16-12(10-2-3-10)11-4-5-11/h10-12,15H,2-9H2,1H3,(H,16,17). The molecule has 1 aliphatic heterocycles. The van der Waals surface area contributed by atoms with Crippen molar-refractivity contribution >= 4 is 15.7 Å². The molecule has 0 unspecified atom stereocenters. The Labute approximate surface area is 120 Å². The summed E-state index contributed by atoms with van der Waals surface area (Å²) in [5.74, 6) is 0.930. The summed E-state index contributed by atoms with van der Waals surface area (Å²) in [6.45, 7) is 1.19. The van der Waals surface area contributed by atoms with Gasteiger partial charge in [0.15, 0.2) is 14.6 Å². The third kappa shape index (κ3) is 2.60. The summed E-state index contributed by atoms with van der Waals surface area (Å²) < 4.78 is 23.2. The topological polar surface area (TPSA) is 75.3 Å². The summed E-state index contributed by atoms with van der Waals surface area (Å²) in [5, 5.41) is 6.26. The second kappa shape index (κ2) is 4.98. The molecule has 20 heavy (non-hydrogen) atoms. The molecule has 2 saturated carbocycles. The average molecular weight is 300 g/mol. The Kier molecular flexibility index (Phi) is 3.57. The monoisotopic (exact) mass is 300 g/mol. The zero-order valence-corrected chi connectivity index (χ0v) is 12.8. The molecule has 1 heterocycles. The van der Waals surface area contributed by atoms with Gasteiger partial charge in [0.05, 0.1) is 0 Å². The van der Waals surface area contributed by atoms with E-state index in [9.17, 15) is 13.2 Å². The van der Waals surface area contributed by atoms with E-state index < -0.39 is 14.6 Å². The van der Waals surface area contributed by atoms with Crippen LogP contribution in [-0.2, 0) is 14.6 Å². The SMILES string of the molecule is CS(=O)(=O)C1(C(=O)NC(C2CC2)C2CC2)CCNCC1. The van der Waals surface area contributed by atoms with Gasteiger partial charge in [-0.05, 0) is 63.5 Å². The second-order valence-corrected chi connectivity index (χ2v) is 9.02. The zero-order chi connectivity index (χ0) is 14.4. The van der Waals surface area contributed by atoms with Crippen LogP contribution < -0.4 is 10.6 Å². The predicted octanol–water partition coefficient (Wildman–Crippen LogP) is 0.458. The van der Waals surface area contributed by atoms with Gasteiger partial charge in [-0.3, -0.25) is 4.79 Å². The van der Waals surface area contributed by atoms with E-state index in [0.717, 1.165) is 0 Å². The molecule has 0 aromatic carbocycles. The van der Waals surface area contributed by atoms with Crippen molar-refractivity contribution in [3.05, 3.63) is 0 Å². The normalized spacial score (nSPS) is 26.5. The van der Waals surface area contributed by atoms with Gasteiger partial charge in [-0.1, -0.05) is 0 Å². The average Bonchev–Trinajstić information content (AvgIpc) is 3.28. The van der Waals surface area contributed by atoms with Crippen molar-refractivity contribution in [2.75, 3.05) is 19.3 Å². The highest BCUT2D eigenvalue weighted by Gasteiger charge is 2.51. The van der Waals surface area contributed by atoms with Crippen LogP contribution in [0.3, 0.4) is 0 Å². The van der Waals surface area contributed by atoms with Crippen LogP contribution in [0.5, 0.6) is 0 Å². The van der Waals surface area contributed by atoms with Crippen molar-refractivity contribution in [1.82, 2.24) is 10.6 Å². The molecule has 114 valence electrons. The molecular weight excluding hydrogens is 276 g/mol. The summed E-state index contributed by atoms with van der Waals surface area (Å²) >= 11 is 0. The highest BCUT2D eigenvalue weighted by molar-refractivity contribution is 7.92. The number of sulfone groups is 1. The van der Waals surface area contributed by atoms with E-state index in [1.54, 1.807) is 0 Å². The Morgan fingerprint density at radius 3 is 2.05 bits per heavy atom. The Morgan fingerprint density at radius 2 is 1.65 bits per heavy atom. The molecule has 1 amide bonds. The summed E-state index contributed by atoms with van der Waals surface area (Å²) in [7, 11) is -3.39. The molecule has 0 atom stereocenters. The number of carbonyl (C=O) groups excluding carboxylic acids is 1. The van der Waals surface area contributed by atoms with Gasteiger partial charge in [0.2, 0.25) is 5.91 Å². The van der Waals surface area contributed by atoms with Gasteiger partial charge in [-0.15, -0.1) is 0 Å². The number of rotatable bonds is 5. The minimum absolute atomic E-state index is 0.219. The molecule has 0 bridgehead atoms. The van der Waals surface area contributed by atoms with Crippen molar-refractivity contribution in [1.29, 1.82) is 0 Å². The predicted molar refractivity (Wildman–Crippen MR) is 77.1 cm³/mol. The molecule has 0 spiro atoms. The van der Waals surface area contributed by atoms with Gasteiger partial charge in [0.1, 0.15) is 0 Å². The van der Waals surface area contributed by atoms with Gasteiger partial charge in [-0.2, -0.15) is 0 Å². The second-order valence-electron chi connectivity index (χ2n) is 6.69. The van der Waals surface area contributed by atoms with E-state index in [-0.39, 0.29) is 11.9 Å². The van der Waals surface area contributed by atoms with Gasteiger partial charge < -0.3 is 10.6 Å². The smallest absolute Gasteiger partial charge is 0.241 e. The first-order valence-corrected chi connectivity index (χ1v) is 9.54. The van der Waals surface area contributed by atoms with Crippen LogP contribution in [0.1, 0.15) is 38.5 Å². The molecular formula is C14H24N2O3S. The van der Waals surface area contributed by atoms with Crippen LogP contribution in [0.25, 0.3) is 0 Å². The lowest BCUT2D eigenvalue weighted by Gasteiger charge is -2.35. The van der Waals surface area contributed by atoms with Gasteiger partial charge >= 0.3 is 0 Å². The molecule has 0 aromatic rings. The third-order valence-corrected chi connectivity index (χ3v) is 7.11. The first kappa shape index (κ1) is 14.3. The van der Waals surface area contributed by atoms with Crippen molar-refractivity contribution in [3.63, 3.8) is 0 Å². The molecule has 6 heteroatoms. The summed E-state index contributed by atoms with van der Waals surface area (Å²) in [5.41, 5.74) is 0. The number of hydrogen-bond acceptors (Lipinski definition) is 4. The number of piperidine rings is 1. The molecule has 3 aliphatic rings. The lowest BCUT2D eigenvalue weighted by Crippen LogP contribution is -2.59. The maximum atomic E-state index is 12.7. The van der Waals surface area contributed by atoms with E-state index >= 15 is 0 Å². The molecule has 5 nitrogen and oxygen atoms in total. The number of nitrogens with one attached hydrogen (secondary N) is 2. The molecule has 0 aromatic heterocycles. The van der Waals surface area contributed by atoms with E-state index in [1.807, 2.05) is 0 Å². The van der Waals surface area contributed by atoms with Crippen molar-refractivity contribution in [2.45, 2.75) is 49.3 Å². The van der Waals surface area contributed by atoms with Crippen LogP contribution in [-0.4, -0.2) is 44.5 Å². The lowest BCUT2D eigenvalue weighted by atomic mass is 9.94. The third-order valence-electron chi connectivity index (χ3n) is 5.09. The first-order valence-electron chi connectivity index (χ1n) is 7.65. The Hall–Kier alpha value is -0.620. The molecule has 3 rings (SSSR count). The Morgan fingerprint density at radius 1 is 1.15 bits per heavy atom. The Balaban J connectivity index is 1.78. The number of hydrogen-bond donors (Lipinski definition) is 2. The molecule has 2 N–H and O–H groups in total. The van der Waals surface area contributed by atoms with Gasteiger partial charge in [0, 0.05) is 12.3 Å². The number of amides is 1. The Bertz CT molecular complexity index is 477. The fraction of sp³-hybridized carbons (Fsp3) is 0.929. The van der Waals surface area contributed by atoms with Crippen LogP contribution in [0.15, 0.2) is 0 Å². The molecule has 3 fully saturated rings. The minimum atomic E-state index is -3.39. The largest absolute Gasteiger partial charge is 0.351 e. The number of carbonyl (C=O) groups is 1. The fourth-order valence-corrected chi connectivity index (χ4v) is 4.75. The zero-order valence-electron chi connectivity index (χ0n) is 12.0. The van der Waals surface area contributed by atoms with Crippen molar-refractivity contribution < 1.29 is 13.2 Å². The fourth-order valence-electron chi connectivity index (χ4n) is 3.41. The van der Waals surface area contributed by atoms with Gasteiger partial charge in [0.25, 0.3) is 0 Å². The first-order chi connectivity index (χ1) is 9.44. The van der Waals surface area contributed by atoms with Crippen LogP contribution in [0, 0.1) is 11.8 Å². The van der Waals surface area contributed by atoms with Gasteiger partial charge in [-0.25, -0.2) is 8.42 Å². The van der Waals surface area contributed by atoms with Crippen LogP contribution in [0.2, 0.25) is 0 Å². The summed E-state index contributed by atoms with van der Waals surface area (Å²) in [4.78, 5) is 12.7. The minimum Gasteiger partial charge on any atom is -0.351 e. The van der Waals surface area contributed by atoms with E-state index in [4.69, 9.17) is 0 Å². The van der Waals surface area contributed by atoms with E-state index in [0.29, 0.717) is 37.8 Å². The van der Waals surface area contributed by atoms with Crippen molar-refractivity contribution in [3.8, 4) is 0 Å². The molecule has 1 saturated heterocycles. The molecule has 0 radical (unpaired) electrons. The van der Waals surface area contributed by atoms with Crippen LogP contribution in [0.4, 0.5) is 0 Å². The van der Waals surface area contributed by atoms with Crippen molar-refractivity contribution in [2.24, 2.45) is 11.8 Å². The highest BCUT2D eigenvalue weighted by Crippen LogP contribution is 2.45. The maximum Gasteiger partial charge on any atom is 0.241 e. The maximum absolute atomic E-state index is 12.7. The highest BCUT2D eigenvalue weighted by atomic mass is 32.2. The van der Waals surface area contributed by atoms with E-state index in [2.05, 4.69) is 10.6 Å². The van der Waals surface area contributed by atoms with E-state index in [1.165, 1.54) is 31.9 Å². The quantitative estimate of drug-likeness (QED) is 0.773. The lowest BCUT2D eigenvalue weighted by molar-refractivity contribution is -0.125. The van der Waals surface area contributed by atoms with Crippen LogP contribution >= 0.6 is 0 Å². The summed E-state index contributed by atoms with van der Waals surface area (Å²) in [6.07, 6.45) is 6.69. The summed E-state index contributed by atoms with van der Waals surface area (Å²) in [6, 6.07) is 0.219. The molecule has 2 aliphatic carbocycles.